The number of likely N-dealkylation sites (tertiary alicyclic amines) is 1. The van der Waals surface area contributed by atoms with Crippen LogP contribution in [0.2, 0.25) is 0 Å². The Hall–Kier alpha value is -2.22. The number of ether oxygens (including phenoxy) is 1. The van der Waals surface area contributed by atoms with E-state index in [0.29, 0.717) is 26.3 Å². The molecule has 4 rings (SSSR count). The molecule has 1 aromatic heterocycles. The van der Waals surface area contributed by atoms with Crippen LogP contribution in [-0.2, 0) is 14.3 Å². The van der Waals surface area contributed by atoms with E-state index in [1.807, 2.05) is 11.0 Å². The van der Waals surface area contributed by atoms with Crippen molar-refractivity contribution < 1.29 is 14.3 Å². The van der Waals surface area contributed by atoms with Gasteiger partial charge in [-0.25, -0.2) is 9.97 Å². The Morgan fingerprint density at radius 2 is 1.97 bits per heavy atom. The second kappa shape index (κ2) is 8.65. The van der Waals surface area contributed by atoms with Crippen LogP contribution in [0.4, 0.5) is 5.95 Å². The van der Waals surface area contributed by atoms with E-state index in [1.165, 1.54) is 6.42 Å². The van der Waals surface area contributed by atoms with Crippen molar-refractivity contribution in [2.24, 2.45) is 11.8 Å². The first-order valence-electron chi connectivity index (χ1n) is 10.7. The minimum atomic E-state index is -0.277. The van der Waals surface area contributed by atoms with Crippen molar-refractivity contribution in [2.75, 3.05) is 58.4 Å². The fourth-order valence-corrected chi connectivity index (χ4v) is 4.67. The summed E-state index contributed by atoms with van der Waals surface area (Å²) >= 11 is 0. The van der Waals surface area contributed by atoms with E-state index in [9.17, 15) is 9.59 Å². The van der Waals surface area contributed by atoms with E-state index in [4.69, 9.17) is 9.72 Å². The number of piperidine rings is 1. The summed E-state index contributed by atoms with van der Waals surface area (Å²) in [5.74, 6) is 0.423. The summed E-state index contributed by atoms with van der Waals surface area (Å²) in [6, 6.07) is 1.90. The van der Waals surface area contributed by atoms with Crippen LogP contribution in [-0.4, -0.2) is 85.1 Å². The Bertz CT molecular complexity index is 744. The van der Waals surface area contributed by atoms with Crippen LogP contribution in [0.15, 0.2) is 12.3 Å². The average Bonchev–Trinajstić information content (AvgIpc) is 3.44. The number of rotatable bonds is 4. The van der Waals surface area contributed by atoms with Crippen molar-refractivity contribution in [3.8, 4) is 0 Å². The van der Waals surface area contributed by atoms with Crippen LogP contribution in [0.25, 0.3) is 0 Å². The van der Waals surface area contributed by atoms with Gasteiger partial charge in [-0.1, -0.05) is 0 Å². The quantitative estimate of drug-likeness (QED) is 0.753. The fourth-order valence-electron chi connectivity index (χ4n) is 4.67. The molecule has 3 aliphatic rings. The molecule has 8 nitrogen and oxygen atoms in total. The molecule has 3 aliphatic heterocycles. The maximum Gasteiger partial charge on any atom is 0.228 e. The molecule has 8 heteroatoms. The molecular weight excluding hydrogens is 370 g/mol. The lowest BCUT2D eigenvalue weighted by atomic mass is 9.91. The molecule has 158 valence electrons. The molecule has 3 atom stereocenters. The number of nitrogens with zero attached hydrogens (tertiary/aromatic N) is 5. The number of amides is 2. The molecule has 3 fully saturated rings. The first-order valence-corrected chi connectivity index (χ1v) is 10.7. The smallest absolute Gasteiger partial charge is 0.228 e. The third-order valence-corrected chi connectivity index (χ3v) is 6.35. The normalized spacial score (nSPS) is 27.3. The second-order valence-electron chi connectivity index (χ2n) is 8.58. The zero-order valence-electron chi connectivity index (χ0n) is 17.4. The topological polar surface area (TPSA) is 78.9 Å². The number of carbonyl (C=O) groups is 2. The Morgan fingerprint density at radius 1 is 1.17 bits per heavy atom. The maximum atomic E-state index is 13.0. The van der Waals surface area contributed by atoms with Gasteiger partial charge in [0.1, 0.15) is 0 Å². The third kappa shape index (κ3) is 4.22. The minimum absolute atomic E-state index is 0.0473. The van der Waals surface area contributed by atoms with Gasteiger partial charge in [0.15, 0.2) is 0 Å². The van der Waals surface area contributed by atoms with Gasteiger partial charge in [-0.3, -0.25) is 9.59 Å². The summed E-state index contributed by atoms with van der Waals surface area (Å²) < 4.78 is 5.40. The molecule has 0 saturated carbocycles. The lowest BCUT2D eigenvalue weighted by Crippen LogP contribution is -2.37. The van der Waals surface area contributed by atoms with E-state index in [-0.39, 0.29) is 29.6 Å². The second-order valence-corrected chi connectivity index (χ2v) is 8.58. The zero-order valence-corrected chi connectivity index (χ0v) is 17.4. The van der Waals surface area contributed by atoms with Crippen LogP contribution in [0, 0.1) is 11.8 Å². The summed E-state index contributed by atoms with van der Waals surface area (Å²) in [5.41, 5.74) is 0.860. The van der Waals surface area contributed by atoms with Gasteiger partial charge in [0.25, 0.3) is 0 Å². The number of hydrogen-bond acceptors (Lipinski definition) is 6. The molecule has 0 radical (unpaired) electrons. The minimum Gasteiger partial charge on any atom is -0.381 e. The van der Waals surface area contributed by atoms with Crippen LogP contribution in [0.3, 0.4) is 0 Å². The highest BCUT2D eigenvalue weighted by molar-refractivity contribution is 5.84. The SMILES string of the molecule is CN(C)C(=O)[C@H]1CN(C(=O)[C@@H]2CCOC2)C[C@@H]1c1ccnc(N2CCCCC2)n1. The average molecular weight is 402 g/mol. The van der Waals surface area contributed by atoms with Gasteiger partial charge in [-0.15, -0.1) is 0 Å². The van der Waals surface area contributed by atoms with Crippen molar-refractivity contribution in [1.82, 2.24) is 19.8 Å². The van der Waals surface area contributed by atoms with E-state index in [2.05, 4.69) is 9.88 Å². The number of anilines is 1. The van der Waals surface area contributed by atoms with Gasteiger partial charge >= 0.3 is 0 Å². The summed E-state index contributed by atoms with van der Waals surface area (Å²) in [6.07, 6.45) is 6.12. The molecule has 2 amide bonds. The van der Waals surface area contributed by atoms with Gasteiger partial charge < -0.3 is 19.4 Å². The Kier molecular flexibility index (Phi) is 5.99. The largest absolute Gasteiger partial charge is 0.381 e. The van der Waals surface area contributed by atoms with Gasteiger partial charge in [0, 0.05) is 59.0 Å². The van der Waals surface area contributed by atoms with Gasteiger partial charge in [-0.05, 0) is 31.7 Å². The van der Waals surface area contributed by atoms with Crippen molar-refractivity contribution in [2.45, 2.75) is 31.6 Å². The number of hydrogen-bond donors (Lipinski definition) is 0. The summed E-state index contributed by atoms with van der Waals surface area (Å²) in [4.78, 5) is 40.9. The van der Waals surface area contributed by atoms with Gasteiger partial charge in [0.05, 0.1) is 24.1 Å². The molecule has 0 unspecified atom stereocenters. The highest BCUT2D eigenvalue weighted by atomic mass is 16.5. The summed E-state index contributed by atoms with van der Waals surface area (Å²) in [5, 5.41) is 0. The molecule has 4 heterocycles. The molecule has 0 aliphatic carbocycles. The Balaban J connectivity index is 1.57. The van der Waals surface area contributed by atoms with Gasteiger partial charge in [-0.2, -0.15) is 0 Å². The van der Waals surface area contributed by atoms with Crippen molar-refractivity contribution in [3.63, 3.8) is 0 Å². The highest BCUT2D eigenvalue weighted by Gasteiger charge is 2.43. The third-order valence-electron chi connectivity index (χ3n) is 6.35. The monoisotopic (exact) mass is 401 g/mol. The lowest BCUT2D eigenvalue weighted by Gasteiger charge is -2.27. The molecular formula is C21H31N5O3. The van der Waals surface area contributed by atoms with E-state index < -0.39 is 0 Å². The van der Waals surface area contributed by atoms with Crippen LogP contribution >= 0.6 is 0 Å². The van der Waals surface area contributed by atoms with Crippen LogP contribution in [0.1, 0.15) is 37.3 Å². The Labute approximate surface area is 172 Å². The van der Waals surface area contributed by atoms with E-state index >= 15 is 0 Å². The standard InChI is InChI=1S/C21H31N5O3/c1-24(2)20(28)17-13-26(19(27)15-7-11-29-14-15)12-16(17)18-6-8-22-21(23-18)25-9-4-3-5-10-25/h6,8,15-17H,3-5,7,9-14H2,1-2H3/t15-,16+,17+/m1/s1. The number of carbonyl (C=O) groups excluding carboxylic acids is 2. The van der Waals surface area contributed by atoms with E-state index in [0.717, 1.165) is 44.0 Å². The first-order chi connectivity index (χ1) is 14.0. The molecule has 0 aromatic carbocycles. The van der Waals surface area contributed by atoms with Gasteiger partial charge in [0.2, 0.25) is 17.8 Å². The summed E-state index contributed by atoms with van der Waals surface area (Å²) in [7, 11) is 3.54. The molecule has 3 saturated heterocycles. The molecule has 0 spiro atoms. The maximum absolute atomic E-state index is 13.0. The fraction of sp³-hybridized carbons (Fsp3) is 0.714. The van der Waals surface area contributed by atoms with Crippen LogP contribution in [0.5, 0.6) is 0 Å². The molecule has 1 aromatic rings. The Morgan fingerprint density at radius 3 is 2.66 bits per heavy atom. The van der Waals surface area contributed by atoms with Crippen molar-refractivity contribution in [3.05, 3.63) is 18.0 Å². The number of aromatic nitrogens is 2. The molecule has 29 heavy (non-hydrogen) atoms. The van der Waals surface area contributed by atoms with Crippen molar-refractivity contribution in [1.29, 1.82) is 0 Å². The summed E-state index contributed by atoms with van der Waals surface area (Å²) in [6.45, 7) is 4.04. The first kappa shape index (κ1) is 20.1. The van der Waals surface area contributed by atoms with Crippen LogP contribution < -0.4 is 4.90 Å². The highest BCUT2D eigenvalue weighted by Crippen LogP contribution is 2.35. The predicted molar refractivity (Wildman–Crippen MR) is 109 cm³/mol. The lowest BCUT2D eigenvalue weighted by molar-refractivity contribution is -0.135. The van der Waals surface area contributed by atoms with E-state index in [1.54, 1.807) is 25.2 Å². The zero-order chi connectivity index (χ0) is 20.4. The van der Waals surface area contributed by atoms with Crippen molar-refractivity contribution >= 4 is 17.8 Å². The molecule has 0 N–H and O–H groups in total. The predicted octanol–water partition coefficient (Wildman–Crippen LogP) is 1.13. The molecule has 0 bridgehead atoms.